The van der Waals surface area contributed by atoms with E-state index in [2.05, 4.69) is 13.8 Å². The zero-order valence-electron chi connectivity index (χ0n) is 22.2. The number of rotatable bonds is 6. The number of amides is 1. The number of hydrogen-bond acceptors (Lipinski definition) is 9. The number of carbonyl (C=O) groups is 5. The van der Waals surface area contributed by atoms with E-state index >= 15 is 0 Å². The molecule has 1 aromatic rings. The molecule has 38 heavy (non-hydrogen) atoms. The van der Waals surface area contributed by atoms with E-state index in [0.29, 0.717) is 28.6 Å². The first kappa shape index (κ1) is 28.4. The Morgan fingerprint density at radius 2 is 1.82 bits per heavy atom. The van der Waals surface area contributed by atoms with Gasteiger partial charge < -0.3 is 20.8 Å². The zero-order valence-corrected chi connectivity index (χ0v) is 22.9. The van der Waals surface area contributed by atoms with Gasteiger partial charge in [-0.3, -0.25) is 28.9 Å². The van der Waals surface area contributed by atoms with E-state index in [0.717, 1.165) is 6.54 Å². The van der Waals surface area contributed by atoms with Crippen LogP contribution in [0.25, 0.3) is 0 Å². The monoisotopic (exact) mass is 547 g/mol. The number of carbonyl (C=O) groups excluding carboxylic acids is 5. The molecule has 1 amide bonds. The molecule has 2 fully saturated rings. The Morgan fingerprint density at radius 1 is 1.18 bits per heavy atom. The van der Waals surface area contributed by atoms with Gasteiger partial charge in [0.25, 0.3) is 0 Å². The molecule has 0 saturated heterocycles. The molecule has 3 aliphatic carbocycles. The van der Waals surface area contributed by atoms with E-state index in [1.54, 1.807) is 14.1 Å². The van der Waals surface area contributed by atoms with Crippen molar-refractivity contribution in [2.75, 3.05) is 27.7 Å². The molecule has 0 bridgehead atoms. The molecule has 206 valence electrons. The summed E-state index contributed by atoms with van der Waals surface area (Å²) in [5.74, 6) is -10.3. The summed E-state index contributed by atoms with van der Waals surface area (Å²) in [6.07, 6.45) is 0.123. The third kappa shape index (κ3) is 4.18. The number of phenols is 1. The molecule has 0 spiro atoms. The molecule has 6 atom stereocenters. The highest BCUT2D eigenvalue weighted by molar-refractivity contribution is 6.34. The molecule has 10 nitrogen and oxygen atoms in total. The van der Waals surface area contributed by atoms with Crippen LogP contribution in [-0.2, 0) is 32.1 Å². The average Bonchev–Trinajstić information content (AvgIpc) is 2.78. The van der Waals surface area contributed by atoms with Crippen molar-refractivity contribution in [3.63, 3.8) is 0 Å². The summed E-state index contributed by atoms with van der Waals surface area (Å²) < 4.78 is 0. The van der Waals surface area contributed by atoms with Gasteiger partial charge in [-0.25, -0.2) is 0 Å². The third-order valence-corrected chi connectivity index (χ3v) is 8.66. The Morgan fingerprint density at radius 3 is 2.37 bits per heavy atom. The third-order valence-electron chi connectivity index (χ3n) is 8.19. The summed E-state index contributed by atoms with van der Waals surface area (Å²) in [5.41, 5.74) is 3.54. The molecule has 3 unspecified atom stereocenters. The maximum atomic E-state index is 13.8. The fourth-order valence-electron chi connectivity index (χ4n) is 6.80. The minimum Gasteiger partial charge on any atom is -0.507 e. The first-order valence-corrected chi connectivity index (χ1v) is 13.1. The van der Waals surface area contributed by atoms with E-state index in [9.17, 15) is 34.2 Å². The smallest absolute Gasteiger partial charge is 0.235 e. The van der Waals surface area contributed by atoms with Crippen LogP contribution < -0.4 is 5.73 Å². The quantitative estimate of drug-likeness (QED) is 0.434. The Bertz CT molecular complexity index is 1250. The number of aromatic hydroxyl groups is 1. The SMILES string of the molecule is CC(C)CN(C)Cc1cc(O)c2c(c1Cl)C[C@H]1C[C@H]3[C@H](N(C)C)C(=O)C(C(N)=O)C(=O)C3(O)C(=O)C1C2=O. The first-order valence-electron chi connectivity index (χ1n) is 12.7. The number of nitrogens with zero attached hydrogens (tertiary/aromatic N) is 2. The van der Waals surface area contributed by atoms with Gasteiger partial charge in [-0.2, -0.15) is 0 Å². The fraction of sp³-hybridized carbons (Fsp3) is 0.593. The van der Waals surface area contributed by atoms with Crippen molar-refractivity contribution >= 4 is 40.6 Å². The Labute approximate surface area is 226 Å². The summed E-state index contributed by atoms with van der Waals surface area (Å²) in [4.78, 5) is 69.5. The standard InChI is InChI=1S/C27H34ClN3O7/c1-11(2)9-31(5)10-13-8-16(32)18-14(20(13)28)6-12-7-15-21(30(3)4)23(34)19(26(29)37)25(36)27(15,38)24(35)17(12)22(18)33/h8,11-12,15,17,19,21,32,38H,6-7,9-10H2,1-5H3,(H2,29,37)/t12-,15-,17?,19?,21-,27?/m0/s1. The summed E-state index contributed by atoms with van der Waals surface area (Å²) in [6, 6.07) is 0.271. The van der Waals surface area contributed by atoms with Gasteiger partial charge in [0, 0.05) is 24.0 Å². The van der Waals surface area contributed by atoms with Crippen LogP contribution in [0.15, 0.2) is 6.07 Å². The van der Waals surface area contributed by atoms with Crippen LogP contribution in [0.5, 0.6) is 5.75 Å². The van der Waals surface area contributed by atoms with Crippen molar-refractivity contribution in [3.05, 3.63) is 27.8 Å². The van der Waals surface area contributed by atoms with Gasteiger partial charge in [-0.05, 0) is 63.0 Å². The predicted molar refractivity (Wildman–Crippen MR) is 138 cm³/mol. The normalized spacial score (nSPS) is 31.1. The number of primary amides is 1. The highest BCUT2D eigenvalue weighted by Gasteiger charge is 2.69. The molecule has 3 aliphatic rings. The second-order valence-corrected chi connectivity index (χ2v) is 12.0. The van der Waals surface area contributed by atoms with Gasteiger partial charge in [0.2, 0.25) is 5.91 Å². The minimum absolute atomic E-state index is 0.0154. The molecular formula is C27H34ClN3O7. The van der Waals surface area contributed by atoms with Crippen LogP contribution in [0.1, 0.15) is 41.8 Å². The van der Waals surface area contributed by atoms with Gasteiger partial charge in [-0.1, -0.05) is 25.4 Å². The number of aliphatic hydroxyl groups is 1. The summed E-state index contributed by atoms with van der Waals surface area (Å²) in [7, 11) is 5.01. The van der Waals surface area contributed by atoms with Crippen molar-refractivity contribution in [1.29, 1.82) is 0 Å². The lowest BCUT2D eigenvalue weighted by molar-refractivity contribution is -0.181. The van der Waals surface area contributed by atoms with Gasteiger partial charge in [0.15, 0.2) is 34.7 Å². The second-order valence-electron chi connectivity index (χ2n) is 11.6. The molecule has 0 heterocycles. The van der Waals surface area contributed by atoms with E-state index in [-0.39, 0.29) is 24.2 Å². The van der Waals surface area contributed by atoms with Crippen molar-refractivity contribution in [1.82, 2.24) is 9.80 Å². The molecule has 0 aliphatic heterocycles. The van der Waals surface area contributed by atoms with Crippen LogP contribution in [0.4, 0.5) is 0 Å². The van der Waals surface area contributed by atoms with Crippen LogP contribution >= 0.6 is 11.6 Å². The number of Topliss-reactive ketones (excluding diaryl/α,β-unsaturated/α-hetero) is 4. The first-order chi connectivity index (χ1) is 17.6. The fourth-order valence-corrected chi connectivity index (χ4v) is 7.09. The number of phenolic OH excluding ortho intramolecular Hbond substituents is 1. The molecule has 0 radical (unpaired) electrons. The van der Waals surface area contributed by atoms with Gasteiger partial charge >= 0.3 is 0 Å². The number of fused-ring (bicyclic) bond motifs is 3. The Balaban J connectivity index is 1.80. The minimum atomic E-state index is -2.74. The van der Waals surface area contributed by atoms with Crippen molar-refractivity contribution in [3.8, 4) is 5.75 Å². The highest BCUT2D eigenvalue weighted by atomic mass is 35.5. The van der Waals surface area contributed by atoms with Crippen molar-refractivity contribution in [2.24, 2.45) is 35.3 Å². The molecule has 0 aromatic heterocycles. The van der Waals surface area contributed by atoms with Crippen LogP contribution in [0.2, 0.25) is 5.02 Å². The van der Waals surface area contributed by atoms with Crippen LogP contribution in [0, 0.1) is 29.6 Å². The van der Waals surface area contributed by atoms with E-state index in [4.69, 9.17) is 17.3 Å². The number of nitrogens with two attached hydrogens (primary N) is 1. The number of hydrogen-bond donors (Lipinski definition) is 3. The molecule has 1 aromatic carbocycles. The lowest BCUT2D eigenvalue weighted by Crippen LogP contribution is -2.74. The van der Waals surface area contributed by atoms with Crippen LogP contribution in [-0.4, -0.2) is 88.4 Å². The summed E-state index contributed by atoms with van der Waals surface area (Å²) >= 11 is 6.76. The number of halogens is 1. The lowest BCUT2D eigenvalue weighted by atomic mass is 9.52. The number of ketones is 4. The van der Waals surface area contributed by atoms with Crippen molar-refractivity contribution in [2.45, 2.75) is 44.9 Å². The molecule has 2 saturated carbocycles. The van der Waals surface area contributed by atoms with E-state index < -0.39 is 64.4 Å². The number of benzene rings is 1. The van der Waals surface area contributed by atoms with Gasteiger partial charge in [0.1, 0.15) is 5.75 Å². The highest BCUT2D eigenvalue weighted by Crippen LogP contribution is 2.51. The Kier molecular flexibility index (Phi) is 7.33. The molecular weight excluding hydrogens is 514 g/mol. The molecule has 11 heteroatoms. The van der Waals surface area contributed by atoms with Crippen molar-refractivity contribution < 1.29 is 34.2 Å². The Hall–Kier alpha value is -2.66. The number of likely N-dealkylation sites (N-methyl/N-ethyl adjacent to an activating group) is 1. The van der Waals surface area contributed by atoms with Gasteiger partial charge in [0.05, 0.1) is 17.5 Å². The van der Waals surface area contributed by atoms with E-state index in [1.807, 2.05) is 11.9 Å². The predicted octanol–water partition coefficient (Wildman–Crippen LogP) is 0.608. The molecule has 4 N–H and O–H groups in total. The van der Waals surface area contributed by atoms with Crippen LogP contribution in [0.3, 0.4) is 0 Å². The maximum absolute atomic E-state index is 13.8. The summed E-state index contributed by atoms with van der Waals surface area (Å²) in [5, 5.41) is 22.8. The lowest BCUT2D eigenvalue weighted by Gasteiger charge is -2.52. The maximum Gasteiger partial charge on any atom is 0.235 e. The van der Waals surface area contributed by atoms with E-state index in [1.165, 1.54) is 11.0 Å². The second kappa shape index (κ2) is 9.82. The average molecular weight is 548 g/mol. The van der Waals surface area contributed by atoms with Gasteiger partial charge in [-0.15, -0.1) is 0 Å². The topological polar surface area (TPSA) is 158 Å². The molecule has 4 rings (SSSR count). The zero-order chi connectivity index (χ0) is 28.4. The summed E-state index contributed by atoms with van der Waals surface area (Å²) in [6.45, 7) is 5.38. The largest absolute Gasteiger partial charge is 0.507 e.